The van der Waals surface area contributed by atoms with Gasteiger partial charge in [-0.3, -0.25) is 9.59 Å². The van der Waals surface area contributed by atoms with Gasteiger partial charge in [-0.2, -0.15) is 0 Å². The third-order valence-electron chi connectivity index (χ3n) is 2.07. The summed E-state index contributed by atoms with van der Waals surface area (Å²) in [4.78, 5) is 22.6. The van der Waals surface area contributed by atoms with Crippen LogP contribution in [-0.4, -0.2) is 18.5 Å². The lowest BCUT2D eigenvalue weighted by Crippen LogP contribution is -2.18. The molecule has 1 aromatic rings. The van der Waals surface area contributed by atoms with Crippen LogP contribution in [0.15, 0.2) is 18.2 Å². The maximum absolute atomic E-state index is 11.5. The lowest BCUT2D eigenvalue weighted by molar-refractivity contribution is -0.145. The third kappa shape index (κ3) is 4.44. The first-order chi connectivity index (χ1) is 8.02. The van der Waals surface area contributed by atoms with E-state index in [2.05, 4.69) is 10.1 Å². The molecule has 0 bridgehead atoms. The van der Waals surface area contributed by atoms with Crippen LogP contribution in [0.5, 0.6) is 0 Å². The Bertz CT molecular complexity index is 432. The van der Waals surface area contributed by atoms with Crippen molar-refractivity contribution >= 4 is 29.2 Å². The second-order valence-corrected chi connectivity index (χ2v) is 3.93. The summed E-state index contributed by atoms with van der Waals surface area (Å²) < 4.78 is 4.68. The number of nitrogens with one attached hydrogen (secondary N) is 1. The van der Waals surface area contributed by atoms with E-state index in [9.17, 15) is 9.59 Å². The number of ether oxygens (including phenoxy) is 1. The van der Waals surface area contributed by atoms with Gasteiger partial charge in [0.05, 0.1) is 6.61 Å². The molecule has 0 spiro atoms. The quantitative estimate of drug-likeness (QED) is 0.664. The summed E-state index contributed by atoms with van der Waals surface area (Å²) in [7, 11) is 0. The molecule has 0 aliphatic heterocycles. The highest BCUT2D eigenvalue weighted by Gasteiger charge is 2.11. The molecule has 0 unspecified atom stereocenters. The van der Waals surface area contributed by atoms with Gasteiger partial charge in [-0.25, -0.2) is 0 Å². The number of halogens is 1. The number of carbonyl (C=O) groups excluding carboxylic acids is 2. The van der Waals surface area contributed by atoms with Crippen LogP contribution in [-0.2, 0) is 14.3 Å². The van der Waals surface area contributed by atoms with Gasteiger partial charge in [-0.15, -0.1) is 0 Å². The fourth-order valence-corrected chi connectivity index (χ4v) is 1.53. The number of amides is 1. The second-order valence-electron chi connectivity index (χ2n) is 3.49. The summed E-state index contributed by atoms with van der Waals surface area (Å²) in [6, 6.07) is 5.11. The van der Waals surface area contributed by atoms with E-state index in [4.69, 9.17) is 11.6 Å². The van der Waals surface area contributed by atoms with E-state index in [0.29, 0.717) is 10.7 Å². The van der Waals surface area contributed by atoms with Crippen LogP contribution in [0.3, 0.4) is 0 Å². The van der Waals surface area contributed by atoms with E-state index >= 15 is 0 Å². The Morgan fingerprint density at radius 2 is 2.12 bits per heavy atom. The van der Waals surface area contributed by atoms with E-state index in [1.807, 2.05) is 6.92 Å². The van der Waals surface area contributed by atoms with E-state index in [0.717, 1.165) is 5.56 Å². The predicted molar refractivity (Wildman–Crippen MR) is 66.1 cm³/mol. The molecule has 92 valence electrons. The minimum atomic E-state index is -0.531. The normalized spacial score (nSPS) is 9.82. The van der Waals surface area contributed by atoms with Crippen LogP contribution in [0, 0.1) is 6.92 Å². The molecule has 0 atom stereocenters. The molecule has 5 heteroatoms. The number of anilines is 1. The maximum Gasteiger partial charge on any atom is 0.315 e. The fraction of sp³-hybridized carbons (Fsp3) is 0.333. The number of hydrogen-bond acceptors (Lipinski definition) is 3. The Morgan fingerprint density at radius 1 is 1.41 bits per heavy atom. The van der Waals surface area contributed by atoms with Gasteiger partial charge in [0, 0.05) is 10.7 Å². The molecule has 1 rings (SSSR count). The van der Waals surface area contributed by atoms with Crippen molar-refractivity contribution in [1.82, 2.24) is 0 Å². The number of aryl methyl sites for hydroxylation is 1. The molecule has 0 heterocycles. The Labute approximate surface area is 105 Å². The standard InChI is InChI=1S/C12H14ClNO3/c1-3-17-12(16)7-11(15)14-10-5-4-9(13)6-8(10)2/h4-6H,3,7H2,1-2H3,(H,14,15). The number of esters is 1. The molecular weight excluding hydrogens is 242 g/mol. The van der Waals surface area contributed by atoms with Gasteiger partial charge in [-0.05, 0) is 37.6 Å². The first kappa shape index (κ1) is 13.5. The predicted octanol–water partition coefficient (Wildman–Crippen LogP) is 2.54. The van der Waals surface area contributed by atoms with Crippen molar-refractivity contribution in [1.29, 1.82) is 0 Å². The van der Waals surface area contributed by atoms with Crippen molar-refractivity contribution in [2.75, 3.05) is 11.9 Å². The first-order valence-electron chi connectivity index (χ1n) is 5.24. The SMILES string of the molecule is CCOC(=O)CC(=O)Nc1ccc(Cl)cc1C. The van der Waals surface area contributed by atoms with Crippen molar-refractivity contribution in [2.45, 2.75) is 20.3 Å². The molecule has 0 radical (unpaired) electrons. The zero-order valence-electron chi connectivity index (χ0n) is 9.75. The molecule has 4 nitrogen and oxygen atoms in total. The minimum Gasteiger partial charge on any atom is -0.466 e. The molecule has 1 N–H and O–H groups in total. The monoisotopic (exact) mass is 255 g/mol. The van der Waals surface area contributed by atoms with Gasteiger partial charge >= 0.3 is 5.97 Å². The highest BCUT2D eigenvalue weighted by atomic mass is 35.5. The average Bonchev–Trinajstić information content (AvgIpc) is 2.22. The van der Waals surface area contributed by atoms with Crippen LogP contribution in [0.4, 0.5) is 5.69 Å². The molecule has 0 aliphatic rings. The van der Waals surface area contributed by atoms with Gasteiger partial charge in [0.2, 0.25) is 5.91 Å². The first-order valence-corrected chi connectivity index (χ1v) is 5.62. The Hall–Kier alpha value is -1.55. The van der Waals surface area contributed by atoms with Crippen molar-refractivity contribution in [3.8, 4) is 0 Å². The largest absolute Gasteiger partial charge is 0.466 e. The van der Waals surface area contributed by atoms with Crippen LogP contribution >= 0.6 is 11.6 Å². The second kappa shape index (κ2) is 6.25. The summed E-state index contributed by atoms with van der Waals surface area (Å²) in [6.07, 6.45) is -0.282. The van der Waals surface area contributed by atoms with Gasteiger partial charge in [0.15, 0.2) is 0 Å². The van der Waals surface area contributed by atoms with Crippen LogP contribution in [0.25, 0.3) is 0 Å². The molecule has 0 saturated heterocycles. The van der Waals surface area contributed by atoms with Crippen molar-refractivity contribution in [3.05, 3.63) is 28.8 Å². The van der Waals surface area contributed by atoms with E-state index < -0.39 is 11.9 Å². The summed E-state index contributed by atoms with van der Waals surface area (Å²) in [5, 5.41) is 3.23. The molecule has 1 amide bonds. The van der Waals surface area contributed by atoms with Crippen molar-refractivity contribution in [2.24, 2.45) is 0 Å². The van der Waals surface area contributed by atoms with Gasteiger partial charge < -0.3 is 10.1 Å². The zero-order chi connectivity index (χ0) is 12.8. The molecular formula is C12H14ClNO3. The average molecular weight is 256 g/mol. The van der Waals surface area contributed by atoms with Crippen LogP contribution in [0.1, 0.15) is 18.9 Å². The lowest BCUT2D eigenvalue weighted by atomic mass is 10.2. The molecule has 17 heavy (non-hydrogen) atoms. The van der Waals surface area contributed by atoms with Crippen LogP contribution in [0.2, 0.25) is 5.02 Å². The zero-order valence-corrected chi connectivity index (χ0v) is 10.5. The number of carbonyl (C=O) groups is 2. The number of benzene rings is 1. The Balaban J connectivity index is 2.59. The summed E-state index contributed by atoms with van der Waals surface area (Å²) in [5.41, 5.74) is 1.48. The summed E-state index contributed by atoms with van der Waals surface area (Å²) in [6.45, 7) is 3.79. The van der Waals surface area contributed by atoms with E-state index in [1.165, 1.54) is 0 Å². The van der Waals surface area contributed by atoms with E-state index in [1.54, 1.807) is 25.1 Å². The summed E-state index contributed by atoms with van der Waals surface area (Å²) >= 11 is 5.79. The van der Waals surface area contributed by atoms with Crippen LogP contribution < -0.4 is 5.32 Å². The summed E-state index contributed by atoms with van der Waals surface area (Å²) in [5.74, 6) is -0.925. The van der Waals surface area contributed by atoms with Gasteiger partial charge in [-0.1, -0.05) is 11.6 Å². The lowest BCUT2D eigenvalue weighted by Gasteiger charge is -2.08. The smallest absolute Gasteiger partial charge is 0.315 e. The van der Waals surface area contributed by atoms with Gasteiger partial charge in [0.1, 0.15) is 6.42 Å². The number of rotatable bonds is 4. The van der Waals surface area contributed by atoms with Crippen molar-refractivity contribution < 1.29 is 14.3 Å². The fourth-order valence-electron chi connectivity index (χ4n) is 1.30. The molecule has 0 aromatic heterocycles. The highest BCUT2D eigenvalue weighted by molar-refractivity contribution is 6.30. The number of hydrogen-bond donors (Lipinski definition) is 1. The van der Waals surface area contributed by atoms with E-state index in [-0.39, 0.29) is 13.0 Å². The topological polar surface area (TPSA) is 55.4 Å². The highest BCUT2D eigenvalue weighted by Crippen LogP contribution is 2.19. The Kier molecular flexibility index (Phi) is 4.97. The molecule has 0 saturated carbocycles. The van der Waals surface area contributed by atoms with Gasteiger partial charge in [0.25, 0.3) is 0 Å². The third-order valence-corrected chi connectivity index (χ3v) is 2.31. The minimum absolute atomic E-state index is 0.270. The van der Waals surface area contributed by atoms with Crippen molar-refractivity contribution in [3.63, 3.8) is 0 Å². The maximum atomic E-state index is 11.5. The molecule has 1 aromatic carbocycles. The molecule has 0 aliphatic carbocycles. The Morgan fingerprint density at radius 3 is 2.71 bits per heavy atom. The molecule has 0 fully saturated rings.